The van der Waals surface area contributed by atoms with Crippen LogP contribution in [0.4, 0.5) is 0 Å². The summed E-state index contributed by atoms with van der Waals surface area (Å²) in [5.74, 6) is 1.72. The van der Waals surface area contributed by atoms with Crippen LogP contribution in [-0.4, -0.2) is 58.1 Å². The second kappa shape index (κ2) is 5.81. The van der Waals surface area contributed by atoms with Crippen molar-refractivity contribution in [2.75, 3.05) is 20.4 Å². The molecule has 1 aromatic rings. The molecule has 0 radical (unpaired) electrons. The maximum absolute atomic E-state index is 5.28. The third-order valence-electron chi connectivity index (χ3n) is 2.10. The van der Waals surface area contributed by atoms with Crippen LogP contribution in [0.3, 0.4) is 0 Å². The molecule has 2 rings (SSSR count). The Morgan fingerprint density at radius 1 is 1.29 bits per heavy atom. The molecule has 3 nitrogen and oxygen atoms in total. The van der Waals surface area contributed by atoms with Gasteiger partial charge in [0.1, 0.15) is 0 Å². The maximum Gasteiger partial charge on any atom is 2.00 e. The molecule has 1 aliphatic rings. The molecule has 1 aliphatic heterocycles. The summed E-state index contributed by atoms with van der Waals surface area (Å²) < 4.78 is 10.5. The second-order valence-electron chi connectivity index (χ2n) is 3.04. The number of nitrogens with one attached hydrogen (secondary N) is 1. The van der Waals surface area contributed by atoms with Crippen LogP contribution in [0.15, 0.2) is 18.2 Å². The van der Waals surface area contributed by atoms with Crippen LogP contribution < -0.4 is 14.8 Å². The van der Waals surface area contributed by atoms with Crippen LogP contribution in [0.1, 0.15) is 5.56 Å². The van der Waals surface area contributed by atoms with E-state index in [1.165, 1.54) is 5.56 Å². The van der Waals surface area contributed by atoms with E-state index in [0.29, 0.717) is 6.79 Å². The number of benzene rings is 1. The van der Waals surface area contributed by atoms with Crippen molar-refractivity contribution in [1.29, 1.82) is 0 Å². The Kier molecular flexibility index (Phi) is 5.02. The fraction of sp³-hybridized carbons (Fsp3) is 0.400. The van der Waals surface area contributed by atoms with E-state index in [4.69, 9.17) is 9.47 Å². The van der Waals surface area contributed by atoms with Gasteiger partial charge in [-0.3, -0.25) is 0 Å². The van der Waals surface area contributed by atoms with Crippen LogP contribution in [0.25, 0.3) is 0 Å². The zero-order chi connectivity index (χ0) is 9.10. The van der Waals surface area contributed by atoms with Crippen molar-refractivity contribution in [2.24, 2.45) is 0 Å². The number of hydrogen-bond donors (Lipinski definition) is 1. The first-order chi connectivity index (χ1) is 6.40. The zero-order valence-corrected chi connectivity index (χ0v) is 10.6. The molecule has 0 atom stereocenters. The average Bonchev–Trinajstić information content (AvgIpc) is 2.61. The van der Waals surface area contributed by atoms with Gasteiger partial charge in [-0.2, -0.15) is 0 Å². The summed E-state index contributed by atoms with van der Waals surface area (Å²) >= 11 is 0. The third kappa shape index (κ3) is 2.76. The van der Waals surface area contributed by atoms with Crippen molar-refractivity contribution < 1.29 is 9.47 Å². The first-order valence-corrected chi connectivity index (χ1v) is 4.43. The molecule has 0 saturated carbocycles. The fourth-order valence-corrected chi connectivity index (χ4v) is 1.37. The number of rotatable bonds is 3. The molecular formula is C10H13CaNO2+2. The van der Waals surface area contributed by atoms with Crippen LogP contribution in [-0.2, 0) is 6.42 Å². The van der Waals surface area contributed by atoms with Crippen molar-refractivity contribution in [1.82, 2.24) is 5.32 Å². The van der Waals surface area contributed by atoms with Gasteiger partial charge in [0.25, 0.3) is 0 Å². The van der Waals surface area contributed by atoms with Gasteiger partial charge in [0, 0.05) is 0 Å². The minimum atomic E-state index is 0. The monoisotopic (exact) mass is 219 g/mol. The molecule has 4 heteroatoms. The van der Waals surface area contributed by atoms with E-state index in [0.717, 1.165) is 24.5 Å². The molecule has 1 aromatic carbocycles. The summed E-state index contributed by atoms with van der Waals surface area (Å²) in [6.07, 6.45) is 1.02. The molecule has 14 heavy (non-hydrogen) atoms. The summed E-state index contributed by atoms with van der Waals surface area (Å²) in [5, 5.41) is 3.11. The van der Waals surface area contributed by atoms with Gasteiger partial charge in [0.2, 0.25) is 6.79 Å². The third-order valence-corrected chi connectivity index (χ3v) is 2.10. The van der Waals surface area contributed by atoms with Crippen LogP contribution in [0.2, 0.25) is 0 Å². The van der Waals surface area contributed by atoms with E-state index in [9.17, 15) is 0 Å². The van der Waals surface area contributed by atoms with Gasteiger partial charge in [-0.1, -0.05) is 6.07 Å². The topological polar surface area (TPSA) is 30.5 Å². The van der Waals surface area contributed by atoms with Crippen molar-refractivity contribution >= 4 is 37.7 Å². The second-order valence-corrected chi connectivity index (χ2v) is 3.04. The minimum Gasteiger partial charge on any atom is -0.454 e. The quantitative estimate of drug-likeness (QED) is 0.763. The van der Waals surface area contributed by atoms with Gasteiger partial charge in [-0.15, -0.1) is 0 Å². The molecule has 0 amide bonds. The Morgan fingerprint density at radius 3 is 2.86 bits per heavy atom. The summed E-state index contributed by atoms with van der Waals surface area (Å²) in [7, 11) is 1.95. The molecule has 0 aromatic heterocycles. The van der Waals surface area contributed by atoms with Crippen molar-refractivity contribution in [3.05, 3.63) is 23.8 Å². The summed E-state index contributed by atoms with van der Waals surface area (Å²) in [6, 6.07) is 6.08. The Morgan fingerprint density at radius 2 is 2.07 bits per heavy atom. The molecule has 0 bridgehead atoms. The van der Waals surface area contributed by atoms with E-state index < -0.39 is 0 Å². The van der Waals surface area contributed by atoms with Gasteiger partial charge in [-0.25, -0.2) is 0 Å². The first kappa shape index (κ1) is 12.1. The van der Waals surface area contributed by atoms with E-state index >= 15 is 0 Å². The van der Waals surface area contributed by atoms with Gasteiger partial charge in [0.15, 0.2) is 11.5 Å². The SMILES string of the molecule is CNCCc1ccc2c(c1)OCO2.[Ca+2]. The first-order valence-electron chi connectivity index (χ1n) is 4.43. The van der Waals surface area contributed by atoms with Crippen molar-refractivity contribution in [3.8, 4) is 11.5 Å². The minimum absolute atomic E-state index is 0. The summed E-state index contributed by atoms with van der Waals surface area (Å²) in [4.78, 5) is 0. The van der Waals surface area contributed by atoms with Gasteiger partial charge in [-0.05, 0) is 37.7 Å². The normalized spacial score (nSPS) is 12.4. The number of hydrogen-bond acceptors (Lipinski definition) is 3. The molecule has 0 saturated heterocycles. The largest absolute Gasteiger partial charge is 2.00 e. The standard InChI is InChI=1S/C10H13NO2.Ca/c1-11-5-4-8-2-3-9-10(6-8)13-7-12-9;/h2-3,6,11H,4-5,7H2,1H3;/q;+2. The van der Waals surface area contributed by atoms with Crippen LogP contribution in [0, 0.1) is 0 Å². The Labute approximate surface area is 114 Å². The van der Waals surface area contributed by atoms with Crippen molar-refractivity contribution in [2.45, 2.75) is 6.42 Å². The van der Waals surface area contributed by atoms with Gasteiger partial charge < -0.3 is 14.8 Å². The molecule has 70 valence electrons. The van der Waals surface area contributed by atoms with E-state index in [1.54, 1.807) is 0 Å². The van der Waals surface area contributed by atoms with E-state index in [-0.39, 0.29) is 37.7 Å². The molecule has 1 heterocycles. The predicted octanol–water partition coefficient (Wildman–Crippen LogP) is 0.796. The van der Waals surface area contributed by atoms with Crippen LogP contribution in [0.5, 0.6) is 11.5 Å². The Hall–Kier alpha value is 0.0397. The van der Waals surface area contributed by atoms with Crippen LogP contribution >= 0.6 is 0 Å². The molecular weight excluding hydrogens is 206 g/mol. The average molecular weight is 219 g/mol. The smallest absolute Gasteiger partial charge is 0.454 e. The Bertz CT molecular complexity index is 304. The number of likely N-dealkylation sites (N-methyl/N-ethyl adjacent to an activating group) is 1. The molecule has 0 aliphatic carbocycles. The summed E-state index contributed by atoms with van der Waals surface area (Å²) in [5.41, 5.74) is 1.28. The fourth-order valence-electron chi connectivity index (χ4n) is 1.37. The van der Waals surface area contributed by atoms with Gasteiger partial charge in [0.05, 0.1) is 0 Å². The Balaban J connectivity index is 0.000000980. The van der Waals surface area contributed by atoms with Gasteiger partial charge >= 0.3 is 37.7 Å². The predicted molar refractivity (Wildman–Crippen MR) is 55.9 cm³/mol. The van der Waals surface area contributed by atoms with E-state index in [2.05, 4.69) is 11.4 Å². The molecule has 0 unspecified atom stereocenters. The molecule has 1 N–H and O–H groups in total. The zero-order valence-electron chi connectivity index (χ0n) is 8.38. The van der Waals surface area contributed by atoms with E-state index in [1.807, 2.05) is 19.2 Å². The molecule has 0 fully saturated rings. The summed E-state index contributed by atoms with van der Waals surface area (Å²) in [6.45, 7) is 1.34. The molecule has 0 spiro atoms. The van der Waals surface area contributed by atoms with Crippen molar-refractivity contribution in [3.63, 3.8) is 0 Å². The number of ether oxygens (including phenoxy) is 2. The maximum atomic E-state index is 5.28. The number of fused-ring (bicyclic) bond motifs is 1.